The Balaban J connectivity index is 1.87. The normalized spacial score (nSPS) is 57.6. The van der Waals surface area contributed by atoms with Crippen LogP contribution in [-0.4, -0.2) is 11.1 Å². The van der Waals surface area contributed by atoms with Crippen LogP contribution in [0.4, 0.5) is 0 Å². The molecule has 0 heterocycles. The van der Waals surface area contributed by atoms with Crippen LogP contribution in [0.1, 0.15) is 19.3 Å². The van der Waals surface area contributed by atoms with Crippen molar-refractivity contribution >= 4 is 5.97 Å². The first-order valence-corrected chi connectivity index (χ1v) is 4.50. The number of hydrogen-bond acceptors (Lipinski definition) is 1. The zero-order valence-corrected chi connectivity index (χ0v) is 6.36. The quantitative estimate of drug-likeness (QED) is 0.616. The zero-order valence-electron chi connectivity index (χ0n) is 6.36. The molecule has 2 bridgehead atoms. The van der Waals surface area contributed by atoms with Crippen LogP contribution in [0.15, 0.2) is 0 Å². The van der Waals surface area contributed by atoms with Crippen molar-refractivity contribution in [2.75, 3.05) is 0 Å². The molecule has 3 rings (SSSR count). The molecule has 11 heavy (non-hydrogen) atoms. The van der Waals surface area contributed by atoms with Crippen molar-refractivity contribution in [1.29, 1.82) is 0 Å². The van der Waals surface area contributed by atoms with Crippen LogP contribution in [0.3, 0.4) is 0 Å². The van der Waals surface area contributed by atoms with Crippen LogP contribution < -0.4 is 0 Å². The third-order valence-corrected chi connectivity index (χ3v) is 4.01. The van der Waals surface area contributed by atoms with E-state index < -0.39 is 5.97 Å². The lowest BCUT2D eigenvalue weighted by Crippen LogP contribution is -2.21. The molecule has 3 aliphatic carbocycles. The van der Waals surface area contributed by atoms with Crippen molar-refractivity contribution in [1.82, 2.24) is 0 Å². The summed E-state index contributed by atoms with van der Waals surface area (Å²) < 4.78 is 0. The molecule has 0 spiro atoms. The fourth-order valence-corrected chi connectivity index (χ4v) is 3.49. The van der Waals surface area contributed by atoms with E-state index in [2.05, 4.69) is 0 Å². The van der Waals surface area contributed by atoms with Crippen LogP contribution in [0, 0.1) is 29.6 Å². The number of aliphatic carboxylic acids is 1. The Labute approximate surface area is 65.6 Å². The van der Waals surface area contributed by atoms with Gasteiger partial charge in [-0.15, -0.1) is 0 Å². The summed E-state index contributed by atoms with van der Waals surface area (Å²) in [5.41, 5.74) is 0. The smallest absolute Gasteiger partial charge is 0.306 e. The monoisotopic (exact) mass is 152 g/mol. The van der Waals surface area contributed by atoms with Crippen LogP contribution in [0.25, 0.3) is 0 Å². The minimum absolute atomic E-state index is 0.0312. The number of carboxylic acids is 1. The summed E-state index contributed by atoms with van der Waals surface area (Å²) in [6, 6.07) is 0. The molecule has 60 valence electrons. The van der Waals surface area contributed by atoms with E-state index in [1.165, 1.54) is 12.8 Å². The second-order valence-electron chi connectivity index (χ2n) is 4.40. The molecule has 2 nitrogen and oxygen atoms in total. The van der Waals surface area contributed by atoms with Gasteiger partial charge in [0.1, 0.15) is 0 Å². The molecule has 0 unspecified atom stereocenters. The number of hydrogen-bond donors (Lipinski definition) is 1. The van der Waals surface area contributed by atoms with Gasteiger partial charge < -0.3 is 5.11 Å². The molecule has 3 aliphatic rings. The maximum atomic E-state index is 10.8. The van der Waals surface area contributed by atoms with Gasteiger partial charge in [-0.1, -0.05) is 0 Å². The zero-order chi connectivity index (χ0) is 7.59. The first-order chi connectivity index (χ1) is 5.27. The topological polar surface area (TPSA) is 37.3 Å². The van der Waals surface area contributed by atoms with Crippen molar-refractivity contribution < 1.29 is 9.90 Å². The molecule has 0 aliphatic heterocycles. The van der Waals surface area contributed by atoms with Gasteiger partial charge in [0.15, 0.2) is 0 Å². The molecule has 2 heteroatoms. The van der Waals surface area contributed by atoms with Crippen molar-refractivity contribution in [2.45, 2.75) is 19.3 Å². The molecule has 0 aromatic heterocycles. The predicted octanol–water partition coefficient (Wildman–Crippen LogP) is 1.36. The summed E-state index contributed by atoms with van der Waals surface area (Å²) in [7, 11) is 0. The molecule has 0 aromatic rings. The van der Waals surface area contributed by atoms with Gasteiger partial charge in [-0.05, 0) is 42.9 Å². The maximum Gasteiger partial charge on any atom is 0.306 e. The van der Waals surface area contributed by atoms with E-state index >= 15 is 0 Å². The SMILES string of the molecule is O=C(O)[C@@H]1C[C@H]2C[C@H]1[C@H]1C[C@H]21. The Bertz CT molecular complexity index is 224. The summed E-state index contributed by atoms with van der Waals surface area (Å²) in [5.74, 6) is 2.64. The van der Waals surface area contributed by atoms with Gasteiger partial charge in [0.05, 0.1) is 5.92 Å². The lowest BCUT2D eigenvalue weighted by molar-refractivity contribution is -0.143. The summed E-state index contributed by atoms with van der Waals surface area (Å²) in [6.07, 6.45) is 3.56. The lowest BCUT2D eigenvalue weighted by atomic mass is 9.89. The van der Waals surface area contributed by atoms with Gasteiger partial charge in [0.25, 0.3) is 0 Å². The molecular weight excluding hydrogens is 140 g/mol. The highest BCUT2D eigenvalue weighted by Crippen LogP contribution is 2.67. The average Bonchev–Trinajstić information content (AvgIpc) is 2.57. The Morgan fingerprint density at radius 2 is 1.91 bits per heavy atom. The fraction of sp³-hybridized carbons (Fsp3) is 0.889. The molecule has 1 N–H and O–H groups in total. The Hall–Kier alpha value is -0.530. The van der Waals surface area contributed by atoms with Crippen LogP contribution in [0.5, 0.6) is 0 Å². The lowest BCUT2D eigenvalue weighted by Gasteiger charge is -2.15. The van der Waals surface area contributed by atoms with Crippen LogP contribution in [-0.2, 0) is 4.79 Å². The van der Waals surface area contributed by atoms with Gasteiger partial charge in [-0.2, -0.15) is 0 Å². The summed E-state index contributed by atoms with van der Waals surface area (Å²) in [5, 5.41) is 8.87. The van der Waals surface area contributed by atoms with E-state index in [4.69, 9.17) is 5.11 Å². The van der Waals surface area contributed by atoms with Gasteiger partial charge in [-0.25, -0.2) is 0 Å². The molecule has 3 saturated carbocycles. The molecular formula is C9H12O2. The van der Waals surface area contributed by atoms with Crippen LogP contribution >= 0.6 is 0 Å². The first kappa shape index (κ1) is 6.04. The second kappa shape index (κ2) is 1.62. The van der Waals surface area contributed by atoms with Gasteiger partial charge in [0, 0.05) is 0 Å². The van der Waals surface area contributed by atoms with Gasteiger partial charge in [-0.3, -0.25) is 4.79 Å². The van der Waals surface area contributed by atoms with E-state index in [0.717, 1.165) is 24.2 Å². The highest BCUT2D eigenvalue weighted by molar-refractivity contribution is 5.71. The fourth-order valence-electron chi connectivity index (χ4n) is 3.49. The number of rotatable bonds is 1. The predicted molar refractivity (Wildman–Crippen MR) is 38.9 cm³/mol. The molecule has 5 atom stereocenters. The average molecular weight is 152 g/mol. The van der Waals surface area contributed by atoms with Crippen molar-refractivity contribution in [3.8, 4) is 0 Å². The highest BCUT2D eigenvalue weighted by atomic mass is 16.4. The van der Waals surface area contributed by atoms with Crippen molar-refractivity contribution in [3.63, 3.8) is 0 Å². The Morgan fingerprint density at radius 1 is 1.09 bits per heavy atom. The van der Waals surface area contributed by atoms with Gasteiger partial charge >= 0.3 is 5.97 Å². The Morgan fingerprint density at radius 3 is 2.45 bits per heavy atom. The van der Waals surface area contributed by atoms with E-state index in [-0.39, 0.29) is 5.92 Å². The number of fused-ring (bicyclic) bond motifs is 5. The van der Waals surface area contributed by atoms with Crippen molar-refractivity contribution in [2.24, 2.45) is 29.6 Å². The van der Waals surface area contributed by atoms with E-state index in [9.17, 15) is 4.79 Å². The van der Waals surface area contributed by atoms with E-state index in [0.29, 0.717) is 5.92 Å². The highest BCUT2D eigenvalue weighted by Gasteiger charge is 2.62. The maximum absolute atomic E-state index is 10.8. The number of carboxylic acid groups (broad SMARTS) is 1. The van der Waals surface area contributed by atoms with Crippen LogP contribution in [0.2, 0.25) is 0 Å². The van der Waals surface area contributed by atoms with Gasteiger partial charge in [0.2, 0.25) is 0 Å². The molecule has 0 amide bonds. The standard InChI is InChI=1S/C9H12O2/c10-9(11)8-2-4-1-6(8)7-3-5(4)7/h4-8H,1-3H2,(H,10,11)/t4-,5-,6+,7+,8-/m1/s1. The molecule has 0 radical (unpaired) electrons. The summed E-state index contributed by atoms with van der Waals surface area (Å²) in [6.45, 7) is 0. The first-order valence-electron chi connectivity index (χ1n) is 4.50. The van der Waals surface area contributed by atoms with E-state index in [1.54, 1.807) is 0 Å². The summed E-state index contributed by atoms with van der Waals surface area (Å²) in [4.78, 5) is 10.8. The van der Waals surface area contributed by atoms with E-state index in [1.807, 2.05) is 0 Å². The third-order valence-electron chi connectivity index (χ3n) is 4.01. The molecule has 0 aromatic carbocycles. The third kappa shape index (κ3) is 0.608. The molecule has 3 fully saturated rings. The largest absolute Gasteiger partial charge is 0.481 e. The second-order valence-corrected chi connectivity index (χ2v) is 4.40. The summed E-state index contributed by atoms with van der Waals surface area (Å²) >= 11 is 0. The molecule has 0 saturated heterocycles. The minimum atomic E-state index is -0.539. The van der Waals surface area contributed by atoms with Crippen molar-refractivity contribution in [3.05, 3.63) is 0 Å². The Kier molecular flexibility index (Phi) is 0.890. The minimum Gasteiger partial charge on any atom is -0.481 e. The number of carbonyl (C=O) groups is 1.